The molecular formula is C29H31F3N8O3. The van der Waals surface area contributed by atoms with Crippen LogP contribution in [-0.2, 0) is 15.1 Å². The SMILES string of the molecule is COCCN1C[C@@H](n2cc(F)c(F)c2)[C@H](NC(=O)Nc2c(C)c(-c3cnc(C4(F)COC4)nc3)nn2-c2ccccc2)C1. The van der Waals surface area contributed by atoms with Crippen LogP contribution in [0.15, 0.2) is 55.1 Å². The second-order valence-corrected chi connectivity index (χ2v) is 10.7. The summed E-state index contributed by atoms with van der Waals surface area (Å²) < 4.78 is 55.7. The Balaban J connectivity index is 1.27. The third-order valence-electron chi connectivity index (χ3n) is 7.77. The molecule has 226 valence electrons. The Hall–Kier alpha value is -4.27. The van der Waals surface area contributed by atoms with Gasteiger partial charge in [-0.1, -0.05) is 18.2 Å². The van der Waals surface area contributed by atoms with Gasteiger partial charge in [0.25, 0.3) is 0 Å². The van der Waals surface area contributed by atoms with Gasteiger partial charge in [0.1, 0.15) is 11.5 Å². The summed E-state index contributed by atoms with van der Waals surface area (Å²) in [5.41, 5.74) is 0.686. The highest BCUT2D eigenvalue weighted by molar-refractivity contribution is 5.91. The monoisotopic (exact) mass is 596 g/mol. The number of benzene rings is 1. The first kappa shape index (κ1) is 28.8. The van der Waals surface area contributed by atoms with E-state index < -0.39 is 35.4 Å². The van der Waals surface area contributed by atoms with E-state index in [1.807, 2.05) is 30.3 Å². The number of alkyl halides is 1. The van der Waals surface area contributed by atoms with Gasteiger partial charge in [-0.25, -0.2) is 32.6 Å². The van der Waals surface area contributed by atoms with Crippen LogP contribution in [0.3, 0.4) is 0 Å². The number of aromatic nitrogens is 5. The van der Waals surface area contributed by atoms with E-state index in [9.17, 15) is 18.0 Å². The molecule has 4 aromatic rings. The van der Waals surface area contributed by atoms with Crippen molar-refractivity contribution in [2.24, 2.45) is 0 Å². The highest BCUT2D eigenvalue weighted by Crippen LogP contribution is 2.34. The summed E-state index contributed by atoms with van der Waals surface area (Å²) in [6, 6.07) is 7.88. The van der Waals surface area contributed by atoms with E-state index in [1.165, 1.54) is 17.0 Å². The minimum Gasteiger partial charge on any atom is -0.383 e. The normalized spacial score (nSPS) is 19.7. The zero-order valence-electron chi connectivity index (χ0n) is 23.6. The number of para-hydroxylation sites is 1. The number of ether oxygens (including phenoxy) is 2. The van der Waals surface area contributed by atoms with E-state index >= 15 is 0 Å². The van der Waals surface area contributed by atoms with Crippen molar-refractivity contribution in [1.29, 1.82) is 0 Å². The summed E-state index contributed by atoms with van der Waals surface area (Å²) in [5, 5.41) is 10.7. The Bertz CT molecular complexity index is 1570. The lowest BCUT2D eigenvalue weighted by Gasteiger charge is -2.31. The number of nitrogens with zero attached hydrogens (tertiary/aromatic N) is 6. The molecule has 0 bridgehead atoms. The molecule has 2 N–H and O–H groups in total. The number of halogens is 3. The van der Waals surface area contributed by atoms with E-state index in [-0.39, 0.29) is 19.0 Å². The molecule has 2 aliphatic rings. The van der Waals surface area contributed by atoms with Gasteiger partial charge in [-0.15, -0.1) is 0 Å². The molecule has 0 aliphatic carbocycles. The Morgan fingerprint density at radius 2 is 1.81 bits per heavy atom. The van der Waals surface area contributed by atoms with Crippen molar-refractivity contribution in [1.82, 2.24) is 34.5 Å². The predicted molar refractivity (Wildman–Crippen MR) is 151 cm³/mol. The lowest BCUT2D eigenvalue weighted by Crippen LogP contribution is -2.43. The molecule has 0 radical (unpaired) electrons. The molecular weight excluding hydrogens is 565 g/mol. The number of methoxy groups -OCH3 is 1. The summed E-state index contributed by atoms with van der Waals surface area (Å²) in [6.45, 7) is 3.63. The maximum absolute atomic E-state index is 14.7. The number of amides is 2. The van der Waals surface area contributed by atoms with Crippen LogP contribution in [0.5, 0.6) is 0 Å². The maximum atomic E-state index is 14.7. The number of carbonyl (C=O) groups is 1. The largest absolute Gasteiger partial charge is 0.383 e. The average Bonchev–Trinajstić information content (AvgIpc) is 3.66. The van der Waals surface area contributed by atoms with E-state index in [4.69, 9.17) is 14.6 Å². The second kappa shape index (κ2) is 11.8. The predicted octanol–water partition coefficient (Wildman–Crippen LogP) is 3.61. The zero-order chi connectivity index (χ0) is 30.1. The fourth-order valence-corrected chi connectivity index (χ4v) is 5.40. The molecule has 5 heterocycles. The number of hydrogen-bond donors (Lipinski definition) is 2. The molecule has 2 aliphatic heterocycles. The van der Waals surface area contributed by atoms with Crippen LogP contribution in [-0.4, -0.2) is 87.9 Å². The molecule has 2 amide bonds. The van der Waals surface area contributed by atoms with Gasteiger partial charge in [0.05, 0.1) is 37.6 Å². The van der Waals surface area contributed by atoms with E-state index in [0.29, 0.717) is 54.6 Å². The zero-order valence-corrected chi connectivity index (χ0v) is 23.6. The van der Waals surface area contributed by atoms with Gasteiger partial charge in [0.15, 0.2) is 17.5 Å². The van der Waals surface area contributed by atoms with Gasteiger partial charge in [0, 0.05) is 62.7 Å². The molecule has 6 rings (SSSR count). The number of rotatable bonds is 9. The summed E-state index contributed by atoms with van der Waals surface area (Å²) in [7, 11) is 1.60. The quantitative estimate of drug-likeness (QED) is 0.304. The van der Waals surface area contributed by atoms with Crippen molar-refractivity contribution in [3.8, 4) is 16.9 Å². The first-order valence-corrected chi connectivity index (χ1v) is 13.8. The molecule has 0 unspecified atom stereocenters. The lowest BCUT2D eigenvalue weighted by molar-refractivity contribution is -0.140. The fraction of sp³-hybridized carbons (Fsp3) is 0.379. The molecule has 0 saturated carbocycles. The van der Waals surface area contributed by atoms with Crippen molar-refractivity contribution in [3.63, 3.8) is 0 Å². The van der Waals surface area contributed by atoms with Crippen LogP contribution in [0.1, 0.15) is 17.4 Å². The summed E-state index contributed by atoms with van der Waals surface area (Å²) >= 11 is 0. The van der Waals surface area contributed by atoms with Crippen LogP contribution >= 0.6 is 0 Å². The average molecular weight is 597 g/mol. The highest BCUT2D eigenvalue weighted by Gasteiger charge is 2.43. The van der Waals surface area contributed by atoms with Crippen LogP contribution in [0.25, 0.3) is 16.9 Å². The first-order chi connectivity index (χ1) is 20.8. The number of nitrogens with one attached hydrogen (secondary N) is 2. The summed E-state index contributed by atoms with van der Waals surface area (Å²) in [4.78, 5) is 24.0. The molecule has 11 nitrogen and oxygen atoms in total. The minimum absolute atomic E-state index is 0.0495. The van der Waals surface area contributed by atoms with E-state index in [2.05, 4.69) is 25.5 Å². The summed E-state index contributed by atoms with van der Waals surface area (Å²) in [6.07, 6.45) is 5.21. The Morgan fingerprint density at radius 3 is 2.44 bits per heavy atom. The number of anilines is 1. The van der Waals surface area contributed by atoms with E-state index in [0.717, 1.165) is 12.4 Å². The Labute approximate surface area is 245 Å². The van der Waals surface area contributed by atoms with Crippen molar-refractivity contribution in [2.75, 3.05) is 51.9 Å². The van der Waals surface area contributed by atoms with Crippen molar-refractivity contribution >= 4 is 11.8 Å². The number of hydrogen-bond acceptors (Lipinski definition) is 7. The van der Waals surface area contributed by atoms with Crippen LogP contribution < -0.4 is 10.6 Å². The molecule has 2 saturated heterocycles. The van der Waals surface area contributed by atoms with E-state index in [1.54, 1.807) is 18.7 Å². The van der Waals surface area contributed by atoms with Gasteiger partial charge in [0.2, 0.25) is 5.67 Å². The van der Waals surface area contributed by atoms with Crippen LogP contribution in [0, 0.1) is 18.6 Å². The third kappa shape index (κ3) is 5.72. The number of carbonyl (C=O) groups excluding carboxylic acids is 1. The van der Waals surface area contributed by atoms with Gasteiger partial charge < -0.3 is 19.4 Å². The van der Waals surface area contributed by atoms with Crippen molar-refractivity contribution < 1.29 is 27.4 Å². The molecule has 1 aromatic carbocycles. The summed E-state index contributed by atoms with van der Waals surface area (Å²) in [5.74, 6) is -1.45. The molecule has 14 heteroatoms. The van der Waals surface area contributed by atoms with Gasteiger partial charge in [-0.3, -0.25) is 10.2 Å². The fourth-order valence-electron chi connectivity index (χ4n) is 5.40. The molecule has 2 fully saturated rings. The second-order valence-electron chi connectivity index (χ2n) is 10.7. The van der Waals surface area contributed by atoms with Gasteiger partial charge >= 0.3 is 6.03 Å². The third-order valence-corrected chi connectivity index (χ3v) is 7.77. The minimum atomic E-state index is -1.70. The number of likely N-dealkylation sites (tertiary alicyclic amines) is 1. The number of urea groups is 1. The van der Waals surface area contributed by atoms with Gasteiger partial charge in [-0.05, 0) is 19.1 Å². The van der Waals surface area contributed by atoms with Crippen LogP contribution in [0.4, 0.5) is 23.8 Å². The van der Waals surface area contributed by atoms with Crippen molar-refractivity contribution in [3.05, 3.63) is 78.1 Å². The Morgan fingerprint density at radius 1 is 1.12 bits per heavy atom. The first-order valence-electron chi connectivity index (χ1n) is 13.8. The van der Waals surface area contributed by atoms with Crippen molar-refractivity contribution in [2.45, 2.75) is 24.7 Å². The topological polar surface area (TPSA) is 111 Å². The molecule has 43 heavy (non-hydrogen) atoms. The molecule has 0 spiro atoms. The lowest BCUT2D eigenvalue weighted by atomic mass is 10.0. The highest BCUT2D eigenvalue weighted by atomic mass is 19.2. The Kier molecular flexibility index (Phi) is 7.90. The van der Waals surface area contributed by atoms with Crippen LogP contribution in [0.2, 0.25) is 0 Å². The standard InChI is InChI=1S/C29H31F3N8O3/c1-18-25(19-10-33-27(34-11-19)29(32)16-43-17-29)37-40(20-6-4-3-5-7-20)26(18)36-28(41)35-23-14-38(8-9-42-2)15-24(23)39-12-21(30)22(31)13-39/h3-7,10-13,23-24H,8-9,14-17H2,1-2H3,(H2,35,36,41)/t23-,24-/m1/s1. The van der Waals surface area contributed by atoms with Gasteiger partial charge in [-0.2, -0.15) is 5.10 Å². The maximum Gasteiger partial charge on any atom is 0.320 e. The molecule has 3 aromatic heterocycles. The molecule has 2 atom stereocenters. The smallest absolute Gasteiger partial charge is 0.320 e.